The Hall–Kier alpha value is -0.900. The van der Waals surface area contributed by atoms with E-state index in [1.54, 1.807) is 0 Å². The molecule has 19 heavy (non-hydrogen) atoms. The van der Waals surface area contributed by atoms with Crippen molar-refractivity contribution in [2.75, 3.05) is 13.6 Å². The summed E-state index contributed by atoms with van der Waals surface area (Å²) in [4.78, 5) is 3.92. The Morgan fingerprint density at radius 1 is 1.37 bits per heavy atom. The summed E-state index contributed by atoms with van der Waals surface area (Å²) in [6.07, 6.45) is 2.71. The van der Waals surface area contributed by atoms with Crippen molar-refractivity contribution in [3.63, 3.8) is 0 Å². The SMILES string of the molecule is CC(c1cc2ccccc2s1)N(C)C(CN)C1CC1. The minimum Gasteiger partial charge on any atom is -0.329 e. The molecule has 1 aliphatic rings. The molecule has 0 spiro atoms. The first-order valence-corrected chi connectivity index (χ1v) is 7.93. The van der Waals surface area contributed by atoms with Gasteiger partial charge in [-0.1, -0.05) is 18.2 Å². The first-order valence-electron chi connectivity index (χ1n) is 7.11. The van der Waals surface area contributed by atoms with Gasteiger partial charge in [0, 0.05) is 28.2 Å². The minimum atomic E-state index is 0.451. The summed E-state index contributed by atoms with van der Waals surface area (Å²) < 4.78 is 1.38. The van der Waals surface area contributed by atoms with E-state index in [0.29, 0.717) is 12.1 Å². The molecule has 2 unspecified atom stereocenters. The second-order valence-corrected chi connectivity index (χ2v) is 6.78. The highest BCUT2D eigenvalue weighted by molar-refractivity contribution is 7.19. The highest BCUT2D eigenvalue weighted by Crippen LogP contribution is 2.39. The topological polar surface area (TPSA) is 29.3 Å². The van der Waals surface area contributed by atoms with Gasteiger partial charge in [0.1, 0.15) is 0 Å². The number of nitrogens with zero attached hydrogens (tertiary/aromatic N) is 1. The molecule has 1 aromatic heterocycles. The molecule has 0 bridgehead atoms. The Balaban J connectivity index is 1.83. The van der Waals surface area contributed by atoms with Crippen LogP contribution in [0, 0.1) is 5.92 Å². The molecule has 0 radical (unpaired) electrons. The smallest absolute Gasteiger partial charge is 0.0414 e. The monoisotopic (exact) mass is 274 g/mol. The summed E-state index contributed by atoms with van der Waals surface area (Å²) in [7, 11) is 2.23. The summed E-state index contributed by atoms with van der Waals surface area (Å²) in [5, 5.41) is 1.36. The zero-order valence-electron chi connectivity index (χ0n) is 11.7. The molecule has 0 aliphatic heterocycles. The van der Waals surface area contributed by atoms with Gasteiger partial charge in [-0.25, -0.2) is 0 Å². The maximum absolute atomic E-state index is 5.97. The molecule has 3 rings (SSSR count). The number of benzene rings is 1. The molecule has 0 amide bonds. The molecule has 2 N–H and O–H groups in total. The summed E-state index contributed by atoms with van der Waals surface area (Å²) in [5.74, 6) is 0.826. The van der Waals surface area contributed by atoms with Gasteiger partial charge in [0.05, 0.1) is 0 Å². The summed E-state index contributed by atoms with van der Waals surface area (Å²) >= 11 is 1.91. The van der Waals surface area contributed by atoms with E-state index in [1.807, 2.05) is 11.3 Å². The molecule has 1 saturated carbocycles. The second kappa shape index (κ2) is 5.23. The third-order valence-electron chi connectivity index (χ3n) is 4.40. The molecule has 0 saturated heterocycles. The van der Waals surface area contributed by atoms with Crippen LogP contribution in [0.2, 0.25) is 0 Å². The van der Waals surface area contributed by atoms with Gasteiger partial charge >= 0.3 is 0 Å². The van der Waals surface area contributed by atoms with Crippen molar-refractivity contribution in [3.05, 3.63) is 35.2 Å². The largest absolute Gasteiger partial charge is 0.329 e. The fraction of sp³-hybridized carbons (Fsp3) is 0.500. The molecule has 1 heterocycles. The second-order valence-electron chi connectivity index (χ2n) is 5.67. The van der Waals surface area contributed by atoms with E-state index in [-0.39, 0.29) is 0 Å². The van der Waals surface area contributed by atoms with Crippen molar-refractivity contribution >= 4 is 21.4 Å². The molecule has 3 heteroatoms. The number of rotatable bonds is 5. The van der Waals surface area contributed by atoms with Crippen molar-refractivity contribution in [2.24, 2.45) is 11.7 Å². The lowest BCUT2D eigenvalue weighted by Gasteiger charge is -2.32. The van der Waals surface area contributed by atoms with Gasteiger partial charge in [0.15, 0.2) is 0 Å². The lowest BCUT2D eigenvalue weighted by molar-refractivity contribution is 0.172. The summed E-state index contributed by atoms with van der Waals surface area (Å²) in [6, 6.07) is 12.0. The molecule has 2 aromatic rings. The normalized spacial score (nSPS) is 18.9. The average molecular weight is 274 g/mol. The van der Waals surface area contributed by atoms with Gasteiger partial charge in [-0.3, -0.25) is 4.90 Å². The lowest BCUT2D eigenvalue weighted by atomic mass is 10.1. The Kier molecular flexibility index (Phi) is 3.61. The van der Waals surface area contributed by atoms with E-state index in [2.05, 4.69) is 49.2 Å². The number of fused-ring (bicyclic) bond motifs is 1. The summed E-state index contributed by atoms with van der Waals surface area (Å²) in [5.41, 5.74) is 5.97. The maximum Gasteiger partial charge on any atom is 0.0414 e. The van der Waals surface area contributed by atoms with Crippen molar-refractivity contribution in [3.8, 4) is 0 Å². The van der Waals surface area contributed by atoms with E-state index in [1.165, 1.54) is 27.8 Å². The predicted molar refractivity (Wildman–Crippen MR) is 83.6 cm³/mol. The van der Waals surface area contributed by atoms with Gasteiger partial charge in [-0.05, 0) is 50.2 Å². The molecular formula is C16H22N2S. The minimum absolute atomic E-state index is 0.451. The highest BCUT2D eigenvalue weighted by Gasteiger charge is 2.34. The van der Waals surface area contributed by atoms with Crippen LogP contribution in [-0.4, -0.2) is 24.5 Å². The average Bonchev–Trinajstić information content (AvgIpc) is 3.16. The third kappa shape index (κ3) is 2.55. The maximum atomic E-state index is 5.97. The van der Waals surface area contributed by atoms with Crippen LogP contribution in [0.15, 0.2) is 30.3 Å². The Labute approximate surface area is 119 Å². The van der Waals surface area contributed by atoms with Crippen LogP contribution < -0.4 is 5.73 Å². The molecule has 1 aliphatic carbocycles. The van der Waals surface area contributed by atoms with Gasteiger partial charge in [0.2, 0.25) is 0 Å². The fourth-order valence-corrected chi connectivity index (χ4v) is 4.04. The number of likely N-dealkylation sites (N-methyl/N-ethyl adjacent to an activating group) is 1. The molecule has 2 atom stereocenters. The quantitative estimate of drug-likeness (QED) is 0.902. The Morgan fingerprint density at radius 3 is 2.74 bits per heavy atom. The number of hydrogen-bond acceptors (Lipinski definition) is 3. The molecule has 2 nitrogen and oxygen atoms in total. The standard InChI is InChI=1S/C16H22N2S/c1-11(18(2)14(10-17)12-7-8-12)16-9-13-5-3-4-6-15(13)19-16/h3-6,9,11-12,14H,7-8,10,17H2,1-2H3. The van der Waals surface area contributed by atoms with Crippen LogP contribution in [-0.2, 0) is 0 Å². The first-order chi connectivity index (χ1) is 9.20. The third-order valence-corrected chi connectivity index (χ3v) is 5.68. The number of hydrogen-bond donors (Lipinski definition) is 1. The van der Waals surface area contributed by atoms with Crippen LogP contribution in [0.3, 0.4) is 0 Å². The van der Waals surface area contributed by atoms with E-state index in [4.69, 9.17) is 5.73 Å². The zero-order chi connectivity index (χ0) is 13.4. The van der Waals surface area contributed by atoms with E-state index < -0.39 is 0 Å². The van der Waals surface area contributed by atoms with Crippen molar-refractivity contribution in [1.29, 1.82) is 0 Å². The highest BCUT2D eigenvalue weighted by atomic mass is 32.1. The number of thiophene rings is 1. The molecule has 102 valence electrons. The zero-order valence-corrected chi connectivity index (χ0v) is 12.5. The van der Waals surface area contributed by atoms with E-state index in [0.717, 1.165) is 12.5 Å². The van der Waals surface area contributed by atoms with Crippen LogP contribution in [0.5, 0.6) is 0 Å². The predicted octanol–water partition coefficient (Wildman–Crippen LogP) is 3.63. The van der Waals surface area contributed by atoms with Crippen LogP contribution in [0.1, 0.15) is 30.7 Å². The fourth-order valence-electron chi connectivity index (χ4n) is 2.87. The summed E-state index contributed by atoms with van der Waals surface area (Å²) in [6.45, 7) is 3.08. The van der Waals surface area contributed by atoms with Gasteiger partial charge in [0.25, 0.3) is 0 Å². The van der Waals surface area contributed by atoms with Crippen LogP contribution >= 0.6 is 11.3 Å². The van der Waals surface area contributed by atoms with Gasteiger partial charge in [-0.2, -0.15) is 0 Å². The molecular weight excluding hydrogens is 252 g/mol. The van der Waals surface area contributed by atoms with Crippen molar-refractivity contribution in [1.82, 2.24) is 4.90 Å². The van der Waals surface area contributed by atoms with E-state index >= 15 is 0 Å². The van der Waals surface area contributed by atoms with E-state index in [9.17, 15) is 0 Å². The van der Waals surface area contributed by atoms with Gasteiger partial charge < -0.3 is 5.73 Å². The first kappa shape index (κ1) is 13.1. The Bertz CT molecular complexity index is 526. The van der Waals surface area contributed by atoms with Gasteiger partial charge in [-0.15, -0.1) is 11.3 Å². The molecule has 1 aromatic carbocycles. The Morgan fingerprint density at radius 2 is 2.11 bits per heavy atom. The van der Waals surface area contributed by atoms with Crippen LogP contribution in [0.25, 0.3) is 10.1 Å². The van der Waals surface area contributed by atoms with Crippen LogP contribution in [0.4, 0.5) is 0 Å². The molecule has 1 fully saturated rings. The van der Waals surface area contributed by atoms with Crippen molar-refractivity contribution < 1.29 is 0 Å². The lowest BCUT2D eigenvalue weighted by Crippen LogP contribution is -2.40. The van der Waals surface area contributed by atoms with Crippen molar-refractivity contribution in [2.45, 2.75) is 31.8 Å². The number of nitrogens with two attached hydrogens (primary N) is 1.